The highest BCUT2D eigenvalue weighted by Crippen LogP contribution is 2.58. The third-order valence-electron chi connectivity index (χ3n) is 4.50. The fourth-order valence-corrected chi connectivity index (χ4v) is 3.35. The smallest absolute Gasteiger partial charge is 0.408 e. The Morgan fingerprint density at radius 3 is 2.31 bits per heavy atom. The van der Waals surface area contributed by atoms with Crippen LogP contribution in [0.25, 0.3) is 0 Å². The highest BCUT2D eigenvalue weighted by molar-refractivity contribution is 5.95. The number of likely N-dealkylation sites (N-methyl/N-ethyl adjacent to an activating group) is 1. The molecule has 0 saturated heterocycles. The van der Waals surface area contributed by atoms with E-state index in [1.807, 2.05) is 30.3 Å². The number of carbonyl (C=O) groups excluding carboxylic acids is 2. The van der Waals surface area contributed by atoms with Gasteiger partial charge in [-0.1, -0.05) is 30.3 Å². The number of nitrogens with one attached hydrogen (secondary N) is 1. The van der Waals surface area contributed by atoms with Crippen molar-refractivity contribution in [1.29, 1.82) is 0 Å². The lowest BCUT2D eigenvalue weighted by Crippen LogP contribution is -2.53. The Labute approximate surface area is 154 Å². The number of benzene rings is 1. The molecule has 3 unspecified atom stereocenters. The summed E-state index contributed by atoms with van der Waals surface area (Å²) in [6.07, 6.45) is -0.644. The number of amides is 2. The van der Waals surface area contributed by atoms with E-state index in [1.54, 1.807) is 27.9 Å². The van der Waals surface area contributed by atoms with Gasteiger partial charge in [-0.15, -0.1) is 0 Å². The first-order valence-electron chi connectivity index (χ1n) is 8.54. The van der Waals surface area contributed by atoms with Crippen LogP contribution in [-0.2, 0) is 19.1 Å². The number of methoxy groups -OCH3 is 1. The van der Waals surface area contributed by atoms with Crippen molar-refractivity contribution >= 4 is 12.0 Å². The Morgan fingerprint density at radius 2 is 1.81 bits per heavy atom. The first-order valence-corrected chi connectivity index (χ1v) is 8.54. The molecule has 144 valence electrons. The molecule has 1 N–H and O–H groups in total. The standard InChI is InChI=1S/C19H28N2O5/c1-18(2,3)26-17(23)20-19(16(22)21(4)25-6)14(12-24-5)15(19)13-10-8-7-9-11-13/h7-11,14-15H,12H2,1-6H3,(H,20,23). The summed E-state index contributed by atoms with van der Waals surface area (Å²) in [5, 5.41) is 3.94. The van der Waals surface area contributed by atoms with Crippen LogP contribution in [0.4, 0.5) is 4.79 Å². The van der Waals surface area contributed by atoms with Crippen LogP contribution in [0.15, 0.2) is 30.3 Å². The summed E-state index contributed by atoms with van der Waals surface area (Å²) in [4.78, 5) is 30.7. The lowest BCUT2D eigenvalue weighted by atomic mass is 10.1. The highest BCUT2D eigenvalue weighted by Gasteiger charge is 2.72. The zero-order valence-corrected chi connectivity index (χ0v) is 16.2. The second-order valence-corrected chi connectivity index (χ2v) is 7.43. The van der Waals surface area contributed by atoms with E-state index < -0.39 is 17.2 Å². The topological polar surface area (TPSA) is 77.1 Å². The van der Waals surface area contributed by atoms with E-state index in [-0.39, 0.29) is 17.7 Å². The fourth-order valence-electron chi connectivity index (χ4n) is 3.35. The number of rotatable bonds is 6. The second kappa shape index (κ2) is 7.63. The maximum Gasteiger partial charge on any atom is 0.408 e. The molecular weight excluding hydrogens is 336 g/mol. The molecule has 2 rings (SSSR count). The van der Waals surface area contributed by atoms with Gasteiger partial charge in [-0.3, -0.25) is 9.63 Å². The molecule has 7 nitrogen and oxygen atoms in total. The van der Waals surface area contributed by atoms with Crippen molar-refractivity contribution in [2.24, 2.45) is 5.92 Å². The maximum absolute atomic E-state index is 13.1. The van der Waals surface area contributed by atoms with Gasteiger partial charge in [0.2, 0.25) is 0 Å². The van der Waals surface area contributed by atoms with Crippen LogP contribution in [0.3, 0.4) is 0 Å². The normalized spacial score (nSPS) is 24.7. The van der Waals surface area contributed by atoms with Crippen molar-refractivity contribution in [2.75, 3.05) is 27.9 Å². The molecule has 0 aromatic heterocycles. The lowest BCUT2D eigenvalue weighted by Gasteiger charge is -2.27. The summed E-state index contributed by atoms with van der Waals surface area (Å²) in [5.74, 6) is -0.810. The maximum atomic E-state index is 13.1. The van der Waals surface area contributed by atoms with Crippen molar-refractivity contribution in [3.05, 3.63) is 35.9 Å². The molecule has 0 spiro atoms. The SMILES string of the molecule is COCC1C(c2ccccc2)C1(NC(=O)OC(C)(C)C)C(=O)N(C)OC. The van der Waals surface area contributed by atoms with Crippen LogP contribution in [0, 0.1) is 5.92 Å². The van der Waals surface area contributed by atoms with E-state index in [4.69, 9.17) is 14.3 Å². The Balaban J connectivity index is 2.39. The molecule has 7 heteroatoms. The van der Waals surface area contributed by atoms with Gasteiger partial charge in [-0.2, -0.15) is 0 Å². The number of hydrogen-bond acceptors (Lipinski definition) is 5. The summed E-state index contributed by atoms with van der Waals surface area (Å²) < 4.78 is 10.7. The van der Waals surface area contributed by atoms with Crippen LogP contribution in [0.2, 0.25) is 0 Å². The summed E-state index contributed by atoms with van der Waals surface area (Å²) >= 11 is 0. The molecule has 0 radical (unpaired) electrons. The average molecular weight is 364 g/mol. The Hall–Kier alpha value is -2.12. The summed E-state index contributed by atoms with van der Waals surface area (Å²) in [7, 11) is 4.50. The molecule has 1 aliphatic rings. The minimum Gasteiger partial charge on any atom is -0.444 e. The molecule has 0 aliphatic heterocycles. The van der Waals surface area contributed by atoms with Gasteiger partial charge in [-0.05, 0) is 26.3 Å². The third kappa shape index (κ3) is 3.99. The van der Waals surface area contributed by atoms with Gasteiger partial charge in [0.05, 0.1) is 13.7 Å². The summed E-state index contributed by atoms with van der Waals surface area (Å²) in [6, 6.07) is 9.58. The van der Waals surface area contributed by atoms with Gasteiger partial charge < -0.3 is 14.8 Å². The second-order valence-electron chi connectivity index (χ2n) is 7.43. The Morgan fingerprint density at radius 1 is 1.19 bits per heavy atom. The molecule has 1 fully saturated rings. The van der Waals surface area contributed by atoms with E-state index in [2.05, 4.69) is 5.32 Å². The molecule has 1 saturated carbocycles. The molecule has 1 aliphatic carbocycles. The zero-order chi connectivity index (χ0) is 19.5. The van der Waals surface area contributed by atoms with Crippen molar-refractivity contribution in [2.45, 2.75) is 37.8 Å². The molecule has 0 heterocycles. The molecule has 1 aromatic rings. The molecule has 1 aromatic carbocycles. The molecule has 26 heavy (non-hydrogen) atoms. The van der Waals surface area contributed by atoms with Crippen LogP contribution in [-0.4, -0.2) is 56.1 Å². The van der Waals surface area contributed by atoms with Crippen LogP contribution >= 0.6 is 0 Å². The van der Waals surface area contributed by atoms with E-state index in [9.17, 15) is 9.59 Å². The molecular formula is C19H28N2O5. The number of hydrogen-bond donors (Lipinski definition) is 1. The summed E-state index contributed by atoms with van der Waals surface area (Å²) in [5.41, 5.74) is -0.900. The van der Waals surface area contributed by atoms with E-state index in [0.717, 1.165) is 10.6 Å². The van der Waals surface area contributed by atoms with E-state index in [1.165, 1.54) is 14.2 Å². The monoisotopic (exact) mass is 364 g/mol. The van der Waals surface area contributed by atoms with Gasteiger partial charge in [0.1, 0.15) is 11.1 Å². The van der Waals surface area contributed by atoms with E-state index >= 15 is 0 Å². The third-order valence-corrected chi connectivity index (χ3v) is 4.50. The average Bonchev–Trinajstić information content (AvgIpc) is 3.20. The van der Waals surface area contributed by atoms with Crippen LogP contribution < -0.4 is 5.32 Å². The quantitative estimate of drug-likeness (QED) is 0.784. The minimum absolute atomic E-state index is 0.229. The Bertz CT molecular complexity index is 643. The van der Waals surface area contributed by atoms with Crippen molar-refractivity contribution in [3.8, 4) is 0 Å². The number of hydroxylamine groups is 2. The van der Waals surface area contributed by atoms with Gasteiger partial charge in [0.15, 0.2) is 0 Å². The number of ether oxygens (including phenoxy) is 2. The Kier molecular flexibility index (Phi) is 5.93. The number of nitrogens with zero attached hydrogens (tertiary/aromatic N) is 1. The van der Waals surface area contributed by atoms with Crippen molar-refractivity contribution in [3.63, 3.8) is 0 Å². The van der Waals surface area contributed by atoms with Gasteiger partial charge >= 0.3 is 6.09 Å². The predicted molar refractivity (Wildman–Crippen MR) is 96.4 cm³/mol. The van der Waals surface area contributed by atoms with Crippen LogP contribution in [0.5, 0.6) is 0 Å². The van der Waals surface area contributed by atoms with Gasteiger partial charge in [0, 0.05) is 26.0 Å². The largest absolute Gasteiger partial charge is 0.444 e. The molecule has 0 bridgehead atoms. The molecule has 2 amide bonds. The number of carbonyl (C=O) groups is 2. The first kappa shape index (κ1) is 20.2. The van der Waals surface area contributed by atoms with Crippen molar-refractivity contribution in [1.82, 2.24) is 10.4 Å². The van der Waals surface area contributed by atoms with Crippen LogP contribution in [0.1, 0.15) is 32.3 Å². The van der Waals surface area contributed by atoms with Gasteiger partial charge in [-0.25, -0.2) is 9.86 Å². The fraction of sp³-hybridized carbons (Fsp3) is 0.579. The lowest BCUT2D eigenvalue weighted by molar-refractivity contribution is -0.173. The zero-order valence-electron chi connectivity index (χ0n) is 16.2. The summed E-state index contributed by atoms with van der Waals surface area (Å²) in [6.45, 7) is 5.64. The highest BCUT2D eigenvalue weighted by atomic mass is 16.7. The predicted octanol–water partition coefficient (Wildman–Crippen LogP) is 2.33. The van der Waals surface area contributed by atoms with Gasteiger partial charge in [0.25, 0.3) is 5.91 Å². The van der Waals surface area contributed by atoms with E-state index in [0.29, 0.717) is 6.61 Å². The number of alkyl carbamates (subject to hydrolysis) is 1. The first-order chi connectivity index (χ1) is 12.2. The van der Waals surface area contributed by atoms with Crippen molar-refractivity contribution < 1.29 is 23.9 Å². The minimum atomic E-state index is -1.18. The molecule has 3 atom stereocenters.